The largest absolute Gasteiger partial charge is 0.383 e. The van der Waals surface area contributed by atoms with E-state index < -0.39 is 16.2 Å². The maximum atomic E-state index is 13.1. The Hall–Kier alpha value is -7.34. The molecule has 3 aliphatic heterocycles. The monoisotopic (exact) mass is 1130 g/mol. The summed E-state index contributed by atoms with van der Waals surface area (Å²) in [5.74, 6) is 0.808. The lowest BCUT2D eigenvalue weighted by Crippen LogP contribution is -2.35. The van der Waals surface area contributed by atoms with Crippen LogP contribution < -0.4 is 14.7 Å². The maximum absolute atomic E-state index is 13.1. The number of nitrogens with one attached hydrogen (secondary N) is 4. The number of methoxy groups -OCH3 is 2. The molecular weight excluding hydrogens is 1040 g/mol. The predicted molar refractivity (Wildman–Crippen MR) is 330 cm³/mol. The van der Waals surface area contributed by atoms with Crippen LogP contribution in [0, 0.1) is 0 Å². The van der Waals surface area contributed by atoms with Gasteiger partial charge in [0.25, 0.3) is 0 Å². The topological polar surface area (TPSA) is 196 Å². The highest BCUT2D eigenvalue weighted by atomic mass is 16.7. The number of Topliss-reactive ketones (excluding diaryl/α,β-unsaturated/α-hetero) is 2. The molecule has 6 aliphatic rings. The Morgan fingerprint density at radius 1 is 0.542 bits per heavy atom. The van der Waals surface area contributed by atoms with Crippen molar-refractivity contribution in [3.05, 3.63) is 105 Å². The number of hydrogen-bond acceptors (Lipinski definition) is 10. The van der Waals surface area contributed by atoms with Gasteiger partial charge in [0.1, 0.15) is 0 Å². The number of rotatable bonds is 7. The number of ketones is 2. The van der Waals surface area contributed by atoms with Crippen LogP contribution in [-0.2, 0) is 65.8 Å². The summed E-state index contributed by atoms with van der Waals surface area (Å²) >= 11 is 0. The van der Waals surface area contributed by atoms with Crippen molar-refractivity contribution in [2.24, 2.45) is 0 Å². The highest BCUT2D eigenvalue weighted by Gasteiger charge is 2.46. The molecule has 83 heavy (non-hydrogen) atoms. The summed E-state index contributed by atoms with van der Waals surface area (Å²) < 4.78 is 9.73. The fraction of sp³-hybridized carbons (Fsp3) is 0.485. The average Bonchev–Trinajstić information content (AvgIpc) is 1.72. The van der Waals surface area contributed by atoms with Gasteiger partial charge in [-0.25, -0.2) is 0 Å². The van der Waals surface area contributed by atoms with Crippen LogP contribution in [-0.4, -0.2) is 133 Å². The summed E-state index contributed by atoms with van der Waals surface area (Å²) in [5, 5.41) is 10.8. The second-order valence-corrected chi connectivity index (χ2v) is 25.0. The summed E-state index contributed by atoms with van der Waals surface area (Å²) in [6.45, 7) is 20.1. The lowest BCUT2D eigenvalue weighted by atomic mass is 9.85. The number of aromatic nitrogens is 5. The van der Waals surface area contributed by atoms with E-state index >= 15 is 0 Å². The Balaban J connectivity index is 0.000000131. The molecule has 0 fully saturated rings. The molecule has 0 radical (unpaired) electrons. The highest BCUT2D eigenvalue weighted by Crippen LogP contribution is 2.48. The molecule has 0 atom stereocenters. The highest BCUT2D eigenvalue weighted by molar-refractivity contribution is 6.15. The van der Waals surface area contributed by atoms with Gasteiger partial charge in [0.15, 0.2) is 5.78 Å². The number of amides is 3. The van der Waals surface area contributed by atoms with E-state index in [2.05, 4.69) is 61.5 Å². The molecule has 0 bridgehead atoms. The maximum Gasteiger partial charge on any atom is 0.237 e. The number of anilines is 3. The molecular formula is C66H84N10O7. The minimum atomic E-state index is -0.540. The Kier molecular flexibility index (Phi) is 15.8. The Morgan fingerprint density at radius 3 is 1.39 bits per heavy atom. The zero-order chi connectivity index (χ0) is 59.8. The van der Waals surface area contributed by atoms with Gasteiger partial charge in [-0.15, -0.1) is 0 Å². The summed E-state index contributed by atoms with van der Waals surface area (Å²) in [6, 6.07) is 12.8. The molecule has 3 aromatic carbocycles. The van der Waals surface area contributed by atoms with Crippen molar-refractivity contribution < 1.29 is 33.4 Å². The van der Waals surface area contributed by atoms with E-state index in [4.69, 9.17) is 9.47 Å². The van der Waals surface area contributed by atoms with Crippen molar-refractivity contribution in [2.45, 2.75) is 149 Å². The van der Waals surface area contributed by atoms with Crippen LogP contribution in [0.15, 0.2) is 54.4 Å². The molecule has 0 saturated carbocycles. The molecule has 0 unspecified atom stereocenters. The number of aromatic amines is 4. The zero-order valence-electron chi connectivity index (χ0n) is 51.4. The number of carbonyl (C=O) groups excluding carboxylic acids is 5. The van der Waals surface area contributed by atoms with Crippen LogP contribution in [0.25, 0.3) is 44.1 Å². The minimum Gasteiger partial charge on any atom is -0.383 e. The molecule has 4 N–H and O–H groups in total. The molecule has 0 saturated heterocycles. The lowest BCUT2D eigenvalue weighted by Gasteiger charge is -2.19. The Labute approximate surface area is 487 Å². The molecule has 17 nitrogen and oxygen atoms in total. The van der Waals surface area contributed by atoms with Gasteiger partial charge in [-0.1, -0.05) is 0 Å². The van der Waals surface area contributed by atoms with E-state index in [0.29, 0.717) is 31.7 Å². The molecule has 4 aromatic heterocycles. The molecule has 0 spiro atoms. The number of fused-ring (bicyclic) bond motifs is 14. The number of carbonyl (C=O) groups is 5. The summed E-state index contributed by atoms with van der Waals surface area (Å²) in [7, 11) is 10.9. The summed E-state index contributed by atoms with van der Waals surface area (Å²) in [4.78, 5) is 83.5. The first-order valence-electron chi connectivity index (χ1n) is 29.7. The van der Waals surface area contributed by atoms with Gasteiger partial charge in [-0.2, -0.15) is 5.10 Å². The SMILES string of the molecule is CCN1C(=O)C(C)(C)c2cc3[nH]c4c(c3cc21)CCC/C(=C\N(C)C)C4=O.CCN1C(=O)C(C)(C)c2cc3[nH]c4c(c3cc21)CCCCC4=O.CCN1C(=O)C(C)(C)c2cc3[nH]c4c(c3cc21)CCCc1cn[nH]c1-4.COC(OC)N(C)C. The van der Waals surface area contributed by atoms with Crippen molar-refractivity contribution in [3.63, 3.8) is 0 Å². The van der Waals surface area contributed by atoms with Gasteiger partial charge in [-0.3, -0.25) is 34.0 Å². The third-order valence-corrected chi connectivity index (χ3v) is 18.1. The van der Waals surface area contributed by atoms with Crippen LogP contribution in [0.1, 0.15) is 161 Å². The lowest BCUT2D eigenvalue weighted by molar-refractivity contribution is -0.179. The molecule has 13 rings (SSSR count). The average molecular weight is 1130 g/mol. The fourth-order valence-electron chi connectivity index (χ4n) is 13.6. The van der Waals surface area contributed by atoms with E-state index in [1.54, 1.807) is 14.2 Å². The van der Waals surface area contributed by atoms with E-state index in [-0.39, 0.29) is 35.7 Å². The molecule has 3 aliphatic carbocycles. The zero-order valence-corrected chi connectivity index (χ0v) is 51.4. The van der Waals surface area contributed by atoms with Crippen molar-refractivity contribution in [1.82, 2.24) is 34.9 Å². The second-order valence-electron chi connectivity index (χ2n) is 25.0. The number of allylic oxidation sites excluding steroid dienone is 1. The standard InChI is InChI=1S/C22H27N3O2.C20H22N4O.C19H22N2O2.C5H13NO2/c1-6-25-18-10-15-14-9-7-8-13(12-24(4)5)20(26)19(14)23-17(15)11-16(18)22(2,3)21(25)27;1-4-24-16-8-13-12-7-5-6-11-10-21-23-17(11)18(12)22-15(13)9-14(16)20(2,3)19(24)25;1-4-21-15-9-12-11-7-5-6-8-16(22)17(11)20-14(12)10-13(15)19(2,3)18(21)23;1-6(2)5(7-3)8-4/h10-12,23H,6-9H2,1-5H3;8-10,22H,4-7H2,1-3H3,(H,21,23);9-10,20H,4-8H2,1-3H3;5H,1-4H3/b13-12+;;;. The van der Waals surface area contributed by atoms with Gasteiger partial charge in [0.2, 0.25) is 29.9 Å². The molecule has 3 amide bonds. The van der Waals surface area contributed by atoms with Crippen LogP contribution in [0.5, 0.6) is 0 Å². The third-order valence-electron chi connectivity index (χ3n) is 18.1. The Morgan fingerprint density at radius 2 is 0.952 bits per heavy atom. The first-order chi connectivity index (χ1) is 39.4. The van der Waals surface area contributed by atoms with Gasteiger partial charge >= 0.3 is 0 Å². The number of aryl methyl sites for hydroxylation is 4. The first-order valence-corrected chi connectivity index (χ1v) is 29.7. The first kappa shape index (κ1) is 58.8. The van der Waals surface area contributed by atoms with E-state index in [1.165, 1.54) is 16.5 Å². The van der Waals surface area contributed by atoms with Crippen molar-refractivity contribution in [1.29, 1.82) is 0 Å². The van der Waals surface area contributed by atoms with Crippen LogP contribution in [0.2, 0.25) is 0 Å². The van der Waals surface area contributed by atoms with Crippen molar-refractivity contribution in [2.75, 3.05) is 76.7 Å². The van der Waals surface area contributed by atoms with Crippen LogP contribution in [0.4, 0.5) is 17.1 Å². The van der Waals surface area contributed by atoms with Crippen LogP contribution in [0.3, 0.4) is 0 Å². The van der Waals surface area contributed by atoms with Crippen molar-refractivity contribution >= 4 is 79.1 Å². The summed E-state index contributed by atoms with van der Waals surface area (Å²) in [5.41, 5.74) is 17.3. The van der Waals surface area contributed by atoms with E-state index in [1.807, 2.05) is 127 Å². The normalized spacial score (nSPS) is 18.6. The number of likely N-dealkylation sites (N-methyl/N-ethyl adjacent to an activating group) is 3. The second kappa shape index (κ2) is 22.3. The van der Waals surface area contributed by atoms with Gasteiger partial charge in [0.05, 0.1) is 45.2 Å². The number of benzene rings is 3. The van der Waals surface area contributed by atoms with Gasteiger partial charge in [-0.05, 0) is 210 Å². The van der Waals surface area contributed by atoms with Crippen molar-refractivity contribution in [3.8, 4) is 11.4 Å². The smallest absolute Gasteiger partial charge is 0.237 e. The number of H-pyrrole nitrogens is 4. The van der Waals surface area contributed by atoms with E-state index in [9.17, 15) is 24.0 Å². The molecule has 17 heteroatoms. The quantitative estimate of drug-likeness (QED) is 0.0677. The number of ether oxygens (including phenoxy) is 2. The number of hydrogen-bond donors (Lipinski definition) is 4. The fourth-order valence-corrected chi connectivity index (χ4v) is 13.6. The minimum absolute atomic E-state index is 0.0928. The third kappa shape index (κ3) is 9.89. The van der Waals surface area contributed by atoms with Crippen LogP contribution >= 0.6 is 0 Å². The molecule has 440 valence electrons. The predicted octanol–water partition coefficient (Wildman–Crippen LogP) is 11.3. The van der Waals surface area contributed by atoms with Gasteiger partial charge < -0.3 is 44.0 Å². The number of nitrogens with zero attached hydrogens (tertiary/aromatic N) is 6. The molecule has 7 aromatic rings. The van der Waals surface area contributed by atoms with Gasteiger partial charge in [0, 0.05) is 116 Å². The van der Waals surface area contributed by atoms with E-state index in [0.717, 1.165) is 153 Å². The Bertz CT molecular complexity index is 3760. The summed E-state index contributed by atoms with van der Waals surface area (Å²) in [6.07, 6.45) is 13.0. The molecule has 7 heterocycles.